The third-order valence-corrected chi connectivity index (χ3v) is 8.50. The van der Waals surface area contributed by atoms with Crippen molar-refractivity contribution in [3.63, 3.8) is 0 Å². The van der Waals surface area contributed by atoms with Crippen LogP contribution in [0, 0.1) is 0 Å². The van der Waals surface area contributed by atoms with Gasteiger partial charge in [-0.1, -0.05) is 13.8 Å². The zero-order chi connectivity index (χ0) is 23.8. The third-order valence-electron chi connectivity index (χ3n) is 6.45. The quantitative estimate of drug-likeness (QED) is 0.447. The van der Waals surface area contributed by atoms with Crippen molar-refractivity contribution in [2.75, 3.05) is 13.1 Å². The van der Waals surface area contributed by atoms with Gasteiger partial charge < -0.3 is 13.9 Å². The van der Waals surface area contributed by atoms with Gasteiger partial charge in [0.25, 0.3) is 0 Å². The molecule has 1 amide bonds. The normalized spacial score (nSPS) is 15.3. The van der Waals surface area contributed by atoms with Gasteiger partial charge >= 0.3 is 0 Å². The summed E-state index contributed by atoms with van der Waals surface area (Å²) in [6, 6.07) is 8.97. The van der Waals surface area contributed by atoms with Crippen LogP contribution in [-0.2, 0) is 28.3 Å². The van der Waals surface area contributed by atoms with Gasteiger partial charge in [0.2, 0.25) is 15.9 Å². The predicted molar refractivity (Wildman–Crippen MR) is 126 cm³/mol. The Labute approximate surface area is 195 Å². The SMILES string of the molecule is CCN(CC)S(=O)(=O)c1ccc2c(c1)nc(CCC(=O)N(C1CC1)[C@H](C)c1ccco1)n2C. The summed E-state index contributed by atoms with van der Waals surface area (Å²) in [5.41, 5.74) is 1.47. The highest BCUT2D eigenvalue weighted by molar-refractivity contribution is 7.89. The lowest BCUT2D eigenvalue weighted by molar-refractivity contribution is -0.134. The average molecular weight is 473 g/mol. The van der Waals surface area contributed by atoms with Crippen LogP contribution in [0.5, 0.6) is 0 Å². The molecule has 1 aliphatic rings. The minimum absolute atomic E-state index is 0.0817. The van der Waals surface area contributed by atoms with Gasteiger partial charge in [0.15, 0.2) is 0 Å². The van der Waals surface area contributed by atoms with Crippen LogP contribution in [0.2, 0.25) is 0 Å². The monoisotopic (exact) mass is 472 g/mol. The number of nitrogens with zero attached hydrogens (tertiary/aromatic N) is 4. The van der Waals surface area contributed by atoms with Crippen LogP contribution >= 0.6 is 0 Å². The van der Waals surface area contributed by atoms with Gasteiger partial charge in [0, 0.05) is 39.0 Å². The Morgan fingerprint density at radius 2 is 1.97 bits per heavy atom. The first kappa shape index (κ1) is 23.5. The highest BCUT2D eigenvalue weighted by Crippen LogP contribution is 2.35. The number of sulfonamides is 1. The van der Waals surface area contributed by atoms with Gasteiger partial charge in [-0.3, -0.25) is 4.79 Å². The Kier molecular flexibility index (Phi) is 6.63. The van der Waals surface area contributed by atoms with Gasteiger partial charge in [0.1, 0.15) is 11.6 Å². The fraction of sp³-hybridized carbons (Fsp3) is 0.500. The summed E-state index contributed by atoms with van der Waals surface area (Å²) in [6.07, 6.45) is 4.49. The van der Waals surface area contributed by atoms with E-state index in [0.29, 0.717) is 31.4 Å². The molecule has 1 aliphatic carbocycles. The number of carbonyl (C=O) groups excluding carboxylic acids is 1. The van der Waals surface area contributed by atoms with E-state index in [2.05, 4.69) is 4.98 Å². The summed E-state index contributed by atoms with van der Waals surface area (Å²) >= 11 is 0. The first-order valence-electron chi connectivity index (χ1n) is 11.6. The van der Waals surface area contributed by atoms with Gasteiger partial charge in [0.05, 0.1) is 28.2 Å². The Morgan fingerprint density at radius 1 is 1.24 bits per heavy atom. The van der Waals surface area contributed by atoms with Crippen molar-refractivity contribution in [2.24, 2.45) is 7.05 Å². The number of aryl methyl sites for hydroxylation is 2. The van der Waals surface area contributed by atoms with Gasteiger partial charge in [-0.25, -0.2) is 13.4 Å². The standard InChI is InChI=1S/C24H32N4O4S/c1-5-27(6-2)33(30,31)19-11-12-21-20(16-19)25-23(26(21)4)13-14-24(29)28(18-9-10-18)17(3)22-8-7-15-32-22/h7-8,11-12,15-18H,5-6,9-10,13-14H2,1-4H3/t17-/m1/s1. The van der Waals surface area contributed by atoms with E-state index >= 15 is 0 Å². The summed E-state index contributed by atoms with van der Waals surface area (Å²) in [4.78, 5) is 20.0. The molecular formula is C24H32N4O4S. The molecule has 0 saturated heterocycles. The van der Waals surface area contributed by atoms with Crippen LogP contribution in [0.4, 0.5) is 0 Å². The number of carbonyl (C=O) groups is 1. The molecule has 4 rings (SSSR count). The number of imidazole rings is 1. The zero-order valence-corrected chi connectivity index (χ0v) is 20.5. The number of furan rings is 1. The molecule has 1 saturated carbocycles. The summed E-state index contributed by atoms with van der Waals surface area (Å²) in [6.45, 7) is 6.49. The third kappa shape index (κ3) is 4.56. The molecule has 2 aromatic heterocycles. The van der Waals surface area contributed by atoms with Gasteiger partial charge in [-0.05, 0) is 50.1 Å². The first-order chi connectivity index (χ1) is 15.8. The number of benzene rings is 1. The van der Waals surface area contributed by atoms with Crippen LogP contribution in [0.15, 0.2) is 45.9 Å². The smallest absolute Gasteiger partial charge is 0.243 e. The first-order valence-corrected chi connectivity index (χ1v) is 13.0. The maximum absolute atomic E-state index is 13.2. The van der Waals surface area contributed by atoms with Crippen LogP contribution in [0.1, 0.15) is 57.7 Å². The minimum atomic E-state index is -3.55. The molecule has 3 aromatic rings. The second kappa shape index (κ2) is 9.30. The maximum Gasteiger partial charge on any atom is 0.243 e. The highest BCUT2D eigenvalue weighted by atomic mass is 32.2. The largest absolute Gasteiger partial charge is 0.467 e. The molecule has 0 radical (unpaired) electrons. The molecule has 1 atom stereocenters. The lowest BCUT2D eigenvalue weighted by atomic mass is 10.1. The average Bonchev–Trinajstić information content (AvgIpc) is 3.36. The molecule has 2 heterocycles. The summed E-state index contributed by atoms with van der Waals surface area (Å²) in [5, 5.41) is 0. The summed E-state index contributed by atoms with van der Waals surface area (Å²) < 4.78 is 34.7. The summed E-state index contributed by atoms with van der Waals surface area (Å²) in [5.74, 6) is 1.63. The highest BCUT2D eigenvalue weighted by Gasteiger charge is 2.37. The topological polar surface area (TPSA) is 88.7 Å². The van der Waals surface area contributed by atoms with Crippen molar-refractivity contribution in [3.8, 4) is 0 Å². The van der Waals surface area contributed by atoms with E-state index in [1.54, 1.807) is 24.5 Å². The molecule has 8 nitrogen and oxygen atoms in total. The van der Waals surface area contributed by atoms with E-state index in [4.69, 9.17) is 4.42 Å². The van der Waals surface area contributed by atoms with E-state index in [0.717, 1.165) is 29.9 Å². The Morgan fingerprint density at radius 3 is 2.58 bits per heavy atom. The fourth-order valence-electron chi connectivity index (χ4n) is 4.43. The van der Waals surface area contributed by atoms with E-state index in [9.17, 15) is 13.2 Å². The molecule has 0 aliphatic heterocycles. The van der Waals surface area contributed by atoms with E-state index in [1.165, 1.54) is 4.31 Å². The molecule has 0 spiro atoms. The zero-order valence-electron chi connectivity index (χ0n) is 19.7. The molecule has 9 heteroatoms. The van der Waals surface area contributed by atoms with Crippen molar-refractivity contribution in [2.45, 2.75) is 63.4 Å². The van der Waals surface area contributed by atoms with Crippen molar-refractivity contribution < 1.29 is 17.6 Å². The number of hydrogen-bond donors (Lipinski definition) is 0. The predicted octanol–water partition coefficient (Wildman–Crippen LogP) is 3.88. The number of aromatic nitrogens is 2. The second-order valence-electron chi connectivity index (χ2n) is 8.55. The number of hydrogen-bond acceptors (Lipinski definition) is 5. The Hall–Kier alpha value is -2.65. The van der Waals surface area contributed by atoms with Crippen LogP contribution < -0.4 is 0 Å². The van der Waals surface area contributed by atoms with Gasteiger partial charge in [-0.2, -0.15) is 4.31 Å². The van der Waals surface area contributed by atoms with E-state index in [-0.39, 0.29) is 22.9 Å². The number of rotatable bonds is 10. The van der Waals surface area contributed by atoms with E-state index in [1.807, 2.05) is 49.4 Å². The molecule has 0 N–H and O–H groups in total. The van der Waals surface area contributed by atoms with Crippen molar-refractivity contribution >= 4 is 27.0 Å². The molecule has 1 aromatic carbocycles. The van der Waals surface area contributed by atoms with E-state index < -0.39 is 10.0 Å². The lowest BCUT2D eigenvalue weighted by Gasteiger charge is -2.28. The van der Waals surface area contributed by atoms with Crippen molar-refractivity contribution in [1.82, 2.24) is 18.8 Å². The summed E-state index contributed by atoms with van der Waals surface area (Å²) in [7, 11) is -1.65. The van der Waals surface area contributed by atoms with Crippen LogP contribution in [0.3, 0.4) is 0 Å². The number of amides is 1. The second-order valence-corrected chi connectivity index (χ2v) is 10.5. The molecule has 178 valence electrons. The molecule has 1 fully saturated rings. The molecule has 0 bridgehead atoms. The molecule has 0 unspecified atom stereocenters. The molecule has 33 heavy (non-hydrogen) atoms. The Balaban J connectivity index is 1.53. The maximum atomic E-state index is 13.2. The van der Waals surface area contributed by atoms with Crippen LogP contribution in [-0.4, -0.2) is 52.2 Å². The van der Waals surface area contributed by atoms with Gasteiger partial charge in [-0.15, -0.1) is 0 Å². The van der Waals surface area contributed by atoms with Crippen molar-refractivity contribution in [3.05, 3.63) is 48.2 Å². The van der Waals surface area contributed by atoms with Crippen molar-refractivity contribution in [1.29, 1.82) is 0 Å². The van der Waals surface area contributed by atoms with Crippen LogP contribution in [0.25, 0.3) is 11.0 Å². The lowest BCUT2D eigenvalue weighted by Crippen LogP contribution is -2.35. The minimum Gasteiger partial charge on any atom is -0.467 e. The molecular weight excluding hydrogens is 440 g/mol. The fourth-order valence-corrected chi connectivity index (χ4v) is 5.91. The number of fused-ring (bicyclic) bond motifs is 1. The Bertz CT molecular complexity index is 1220.